The third-order valence-corrected chi connectivity index (χ3v) is 3.90. The highest BCUT2D eigenvalue weighted by atomic mass is 14.1. The van der Waals surface area contributed by atoms with E-state index in [1.54, 1.807) is 0 Å². The molecule has 0 heterocycles. The molecule has 0 fully saturated rings. The quantitative estimate of drug-likeness (QED) is 0.551. The third-order valence-electron chi connectivity index (χ3n) is 3.90. The molecule has 2 rings (SSSR count). The van der Waals surface area contributed by atoms with Crippen molar-refractivity contribution in [3.05, 3.63) is 102 Å². The minimum Gasteiger partial charge on any atom is -0.0911 e. The molecule has 2 aromatic carbocycles. The first kappa shape index (κ1) is 16.8. The second-order valence-corrected chi connectivity index (χ2v) is 5.59. The first-order chi connectivity index (χ1) is 11.1. The van der Waals surface area contributed by atoms with Gasteiger partial charge in [0.05, 0.1) is 0 Å². The van der Waals surface area contributed by atoms with Crippen LogP contribution in [0.4, 0.5) is 0 Å². The summed E-state index contributed by atoms with van der Waals surface area (Å²) in [6.07, 6.45) is 8.13. The predicted molar refractivity (Wildman–Crippen MR) is 104 cm³/mol. The number of aryl methyl sites for hydroxylation is 2. The maximum atomic E-state index is 4.22. The van der Waals surface area contributed by atoms with Gasteiger partial charge in [-0.05, 0) is 53.8 Å². The summed E-state index contributed by atoms with van der Waals surface area (Å²) in [6.45, 7) is 10.6. The first-order valence-electron chi connectivity index (χ1n) is 7.96. The van der Waals surface area contributed by atoms with Crippen LogP contribution in [-0.4, -0.2) is 0 Å². The van der Waals surface area contributed by atoms with Crippen LogP contribution < -0.4 is 0 Å². The highest BCUT2D eigenvalue weighted by molar-refractivity contribution is 5.92. The van der Waals surface area contributed by atoms with E-state index in [4.69, 9.17) is 0 Å². The molecule has 0 unspecified atom stereocenters. The highest BCUT2D eigenvalue weighted by Gasteiger charge is 2.05. The summed E-state index contributed by atoms with van der Waals surface area (Å²) in [7, 11) is 0. The summed E-state index contributed by atoms with van der Waals surface area (Å²) in [5, 5.41) is 2.53. The van der Waals surface area contributed by atoms with E-state index in [9.17, 15) is 0 Å². The molecule has 0 saturated heterocycles. The molecule has 0 radical (unpaired) electrons. The molecule has 2 aromatic rings. The Morgan fingerprint density at radius 2 is 1.57 bits per heavy atom. The maximum absolute atomic E-state index is 4.22. The largest absolute Gasteiger partial charge is 0.0911 e. The number of hydrogen-bond acceptors (Lipinski definition) is 0. The normalized spacial score (nSPS) is 11.1. The summed E-state index contributed by atoms with van der Waals surface area (Å²) < 4.78 is 0. The molecule has 0 aliphatic rings. The highest BCUT2D eigenvalue weighted by Crippen LogP contribution is 2.27. The van der Waals surface area contributed by atoms with Crippen LogP contribution in [0, 0.1) is 13.8 Å². The van der Waals surface area contributed by atoms with Gasteiger partial charge in [-0.1, -0.05) is 85.5 Å². The van der Waals surface area contributed by atoms with Crippen molar-refractivity contribution >= 4 is 16.3 Å². The zero-order valence-electron chi connectivity index (χ0n) is 14.2. The van der Waals surface area contributed by atoms with Crippen molar-refractivity contribution < 1.29 is 0 Å². The van der Waals surface area contributed by atoms with Gasteiger partial charge in [-0.3, -0.25) is 0 Å². The van der Waals surface area contributed by atoms with Gasteiger partial charge in [-0.15, -0.1) is 0 Å². The maximum Gasteiger partial charge on any atom is -0.0119 e. The second kappa shape index (κ2) is 8.14. The van der Waals surface area contributed by atoms with Crippen molar-refractivity contribution in [2.24, 2.45) is 0 Å². The number of fused-ring (bicyclic) bond motifs is 1. The molecule has 0 saturated carbocycles. The van der Waals surface area contributed by atoms with Crippen molar-refractivity contribution in [1.82, 2.24) is 0 Å². The second-order valence-electron chi connectivity index (χ2n) is 5.59. The van der Waals surface area contributed by atoms with Gasteiger partial charge < -0.3 is 0 Å². The average Bonchev–Trinajstić information content (AvgIpc) is 2.54. The van der Waals surface area contributed by atoms with E-state index in [-0.39, 0.29) is 0 Å². The average molecular weight is 300 g/mol. The monoisotopic (exact) mass is 300 g/mol. The van der Waals surface area contributed by atoms with Gasteiger partial charge in [0.1, 0.15) is 0 Å². The van der Waals surface area contributed by atoms with Gasteiger partial charge in [0.25, 0.3) is 0 Å². The van der Waals surface area contributed by atoms with E-state index in [2.05, 4.69) is 75.0 Å². The molecule has 0 spiro atoms. The lowest BCUT2D eigenvalue weighted by molar-refractivity contribution is 1.44. The van der Waals surface area contributed by atoms with Crippen molar-refractivity contribution in [3.63, 3.8) is 0 Å². The van der Waals surface area contributed by atoms with Gasteiger partial charge >= 0.3 is 0 Å². The minimum absolute atomic E-state index is 1.03. The van der Waals surface area contributed by atoms with E-state index in [1.165, 1.54) is 27.5 Å². The van der Waals surface area contributed by atoms with Crippen molar-refractivity contribution in [2.45, 2.75) is 20.8 Å². The van der Waals surface area contributed by atoms with E-state index in [0.29, 0.717) is 0 Å². The third kappa shape index (κ3) is 4.20. The topological polar surface area (TPSA) is 0 Å². The Morgan fingerprint density at radius 1 is 0.870 bits per heavy atom. The first-order valence-corrected chi connectivity index (χ1v) is 7.96. The van der Waals surface area contributed by atoms with E-state index in [1.807, 2.05) is 31.2 Å². The summed E-state index contributed by atoms with van der Waals surface area (Å²) >= 11 is 0. The molecular formula is C23H24. The zero-order chi connectivity index (χ0) is 16.7. The van der Waals surface area contributed by atoms with Gasteiger partial charge in [0, 0.05) is 0 Å². The molecular weight excluding hydrogens is 276 g/mol. The van der Waals surface area contributed by atoms with Crippen LogP contribution in [0.5, 0.6) is 0 Å². The van der Waals surface area contributed by atoms with Gasteiger partial charge in [0.2, 0.25) is 0 Å². The standard InChI is InChI=1S/C23H24/c1-5-6-10-13-18(2)22-17-16-21-15-12-9-7-8-11-14-19(3)23(21)20(22)4/h5-17H,2H2,1,3-4H3/b6-5-,8-7?,9-7?,11-8?,12-9?,13-10-,14-11?,15-12?,19-14?,21-15?,23-19?. The van der Waals surface area contributed by atoms with Crippen LogP contribution in [0.25, 0.3) is 16.3 Å². The molecule has 0 aliphatic heterocycles. The molecule has 0 N–H and O–H groups in total. The van der Waals surface area contributed by atoms with Gasteiger partial charge in [-0.2, -0.15) is 0 Å². The Bertz CT molecular complexity index is 818. The van der Waals surface area contributed by atoms with E-state index >= 15 is 0 Å². The van der Waals surface area contributed by atoms with Crippen LogP contribution in [-0.2, 0) is 0 Å². The van der Waals surface area contributed by atoms with Crippen LogP contribution in [0.3, 0.4) is 0 Å². The Kier molecular flexibility index (Phi) is 5.94. The van der Waals surface area contributed by atoms with Crippen molar-refractivity contribution in [3.8, 4) is 0 Å². The summed E-state index contributed by atoms with van der Waals surface area (Å²) in [6, 6.07) is 19.0. The molecule has 0 aliphatic carbocycles. The Balaban J connectivity index is 2.71. The Hall–Kier alpha value is -2.60. The SMILES string of the molecule is C=C(/C=C\C=C/C)c1ccc2cccccccc(C)c2c1C. The predicted octanol–water partition coefficient (Wildman–Crippen LogP) is 6.73. The van der Waals surface area contributed by atoms with Crippen LogP contribution in [0.2, 0.25) is 0 Å². The molecule has 0 bridgehead atoms. The molecule has 0 heteroatoms. The lowest BCUT2D eigenvalue weighted by Crippen LogP contribution is -1.89. The van der Waals surface area contributed by atoms with E-state index < -0.39 is 0 Å². The number of benzene rings is 1. The fourth-order valence-corrected chi connectivity index (χ4v) is 2.75. The lowest BCUT2D eigenvalue weighted by Gasteiger charge is -2.10. The fourth-order valence-electron chi connectivity index (χ4n) is 2.75. The fraction of sp³-hybridized carbons (Fsp3) is 0.130. The molecule has 0 atom stereocenters. The number of allylic oxidation sites excluding steroid dienone is 5. The summed E-state index contributed by atoms with van der Waals surface area (Å²) in [5.74, 6) is 0. The minimum atomic E-state index is 1.03. The molecule has 0 aromatic heterocycles. The number of rotatable bonds is 3. The lowest BCUT2D eigenvalue weighted by atomic mass is 9.94. The molecule has 0 amide bonds. The van der Waals surface area contributed by atoms with Crippen molar-refractivity contribution in [1.29, 1.82) is 0 Å². The summed E-state index contributed by atoms with van der Waals surface area (Å²) in [4.78, 5) is 0. The van der Waals surface area contributed by atoms with E-state index in [0.717, 1.165) is 5.57 Å². The summed E-state index contributed by atoms with van der Waals surface area (Å²) in [5.41, 5.74) is 4.77. The van der Waals surface area contributed by atoms with Crippen LogP contribution >= 0.6 is 0 Å². The van der Waals surface area contributed by atoms with Gasteiger partial charge in [-0.25, -0.2) is 0 Å². The Morgan fingerprint density at radius 3 is 2.30 bits per heavy atom. The Labute approximate surface area is 139 Å². The van der Waals surface area contributed by atoms with Gasteiger partial charge in [0.15, 0.2) is 0 Å². The molecule has 116 valence electrons. The molecule has 0 nitrogen and oxygen atoms in total. The zero-order valence-corrected chi connectivity index (χ0v) is 14.2. The number of hydrogen-bond donors (Lipinski definition) is 0. The van der Waals surface area contributed by atoms with Crippen LogP contribution in [0.1, 0.15) is 23.6 Å². The molecule has 23 heavy (non-hydrogen) atoms. The smallest absolute Gasteiger partial charge is 0.0119 e. The van der Waals surface area contributed by atoms with Crippen LogP contribution in [0.15, 0.2) is 85.5 Å². The van der Waals surface area contributed by atoms with Crippen molar-refractivity contribution in [2.75, 3.05) is 0 Å².